The summed E-state index contributed by atoms with van der Waals surface area (Å²) in [7, 11) is -1.37. The summed E-state index contributed by atoms with van der Waals surface area (Å²) in [6.45, 7) is 7.40. The molecule has 0 radical (unpaired) electrons. The van der Waals surface area contributed by atoms with E-state index < -0.39 is 9.84 Å². The number of ether oxygens (including phenoxy) is 1. The quantitative estimate of drug-likeness (QED) is 0.465. The molecule has 1 amide bonds. The zero-order chi connectivity index (χ0) is 25.8. The lowest BCUT2D eigenvalue weighted by atomic mass is 9.89. The maximum Gasteiger partial charge on any atom is 0.273 e. The number of carbonyl (C=O) groups excluding carboxylic acids is 1. The molecule has 1 aromatic heterocycles. The standard InChI is InChI=1S/C26H38ClN3O4S/c1-6-30-25(21-14-11-18(8-7-17(2)3)15-22(21)34-4)23(27)24(29-30)26(31)28-16-19-9-12-20(13-10-19)35(5,32)33/h11,14-15,17,19-20H,6-10,12-13,16H2,1-5H3,(H,28,31)/t19-,20-. The lowest BCUT2D eigenvalue weighted by Gasteiger charge is -2.27. The van der Waals surface area contributed by atoms with Crippen LogP contribution in [0.2, 0.25) is 5.02 Å². The van der Waals surface area contributed by atoms with Gasteiger partial charge in [0.05, 0.1) is 23.1 Å². The van der Waals surface area contributed by atoms with Crippen LogP contribution in [0.4, 0.5) is 0 Å². The second-order valence-corrected chi connectivity index (χ2v) is 12.7. The third-order valence-electron chi connectivity index (χ3n) is 6.89. The van der Waals surface area contributed by atoms with Gasteiger partial charge in [-0.05, 0) is 75.0 Å². The van der Waals surface area contributed by atoms with Crippen molar-refractivity contribution in [3.63, 3.8) is 0 Å². The summed E-state index contributed by atoms with van der Waals surface area (Å²) in [6, 6.07) is 6.11. The lowest BCUT2D eigenvalue weighted by Crippen LogP contribution is -2.34. The van der Waals surface area contributed by atoms with Crippen molar-refractivity contribution in [1.29, 1.82) is 0 Å². The van der Waals surface area contributed by atoms with E-state index in [0.29, 0.717) is 48.3 Å². The fraction of sp³-hybridized carbons (Fsp3) is 0.615. The molecule has 3 rings (SSSR count). The van der Waals surface area contributed by atoms with Gasteiger partial charge < -0.3 is 10.1 Å². The number of nitrogens with zero attached hydrogens (tertiary/aromatic N) is 2. The van der Waals surface area contributed by atoms with Gasteiger partial charge in [-0.25, -0.2) is 8.42 Å². The number of carbonyl (C=O) groups is 1. The summed E-state index contributed by atoms with van der Waals surface area (Å²) in [4.78, 5) is 13.0. The minimum absolute atomic E-state index is 0.194. The van der Waals surface area contributed by atoms with E-state index in [0.717, 1.165) is 31.2 Å². The molecule has 0 spiro atoms. The van der Waals surface area contributed by atoms with Crippen molar-refractivity contribution in [2.75, 3.05) is 19.9 Å². The number of methoxy groups -OCH3 is 1. The average Bonchev–Trinajstić information content (AvgIpc) is 3.16. The molecule has 2 aromatic rings. The van der Waals surface area contributed by atoms with Crippen molar-refractivity contribution in [3.8, 4) is 17.0 Å². The Morgan fingerprint density at radius 1 is 1.26 bits per heavy atom. The maximum absolute atomic E-state index is 13.0. The van der Waals surface area contributed by atoms with Gasteiger partial charge >= 0.3 is 0 Å². The van der Waals surface area contributed by atoms with Crippen LogP contribution in [0.1, 0.15) is 68.9 Å². The van der Waals surface area contributed by atoms with Crippen molar-refractivity contribution in [2.45, 2.75) is 71.1 Å². The zero-order valence-electron chi connectivity index (χ0n) is 21.4. The summed E-state index contributed by atoms with van der Waals surface area (Å²) < 4.78 is 31.0. The Hall–Kier alpha value is -2.06. The van der Waals surface area contributed by atoms with Crippen LogP contribution in [0.25, 0.3) is 11.3 Å². The number of halogens is 1. The largest absolute Gasteiger partial charge is 0.496 e. The number of nitrogens with one attached hydrogen (secondary N) is 1. The van der Waals surface area contributed by atoms with E-state index in [9.17, 15) is 13.2 Å². The monoisotopic (exact) mass is 523 g/mol. The summed E-state index contributed by atoms with van der Waals surface area (Å²) in [5, 5.41) is 7.51. The molecule has 7 nitrogen and oxygen atoms in total. The molecule has 194 valence electrons. The van der Waals surface area contributed by atoms with Crippen LogP contribution >= 0.6 is 11.6 Å². The van der Waals surface area contributed by atoms with Crippen molar-refractivity contribution in [2.24, 2.45) is 11.8 Å². The van der Waals surface area contributed by atoms with Crippen LogP contribution in [0, 0.1) is 11.8 Å². The molecule has 1 N–H and O–H groups in total. The van der Waals surface area contributed by atoms with E-state index in [1.807, 2.05) is 19.1 Å². The van der Waals surface area contributed by atoms with E-state index in [-0.39, 0.29) is 22.8 Å². The molecular weight excluding hydrogens is 486 g/mol. The second-order valence-electron chi connectivity index (χ2n) is 9.98. The second kappa shape index (κ2) is 11.8. The highest BCUT2D eigenvalue weighted by atomic mass is 35.5. The molecule has 0 saturated heterocycles. The first-order chi connectivity index (χ1) is 16.5. The van der Waals surface area contributed by atoms with Crippen LogP contribution in [0.5, 0.6) is 5.75 Å². The molecule has 1 heterocycles. The third kappa shape index (κ3) is 6.79. The van der Waals surface area contributed by atoms with Gasteiger partial charge in [-0.3, -0.25) is 9.48 Å². The van der Waals surface area contributed by atoms with Crippen LogP contribution in [-0.4, -0.2) is 49.3 Å². The van der Waals surface area contributed by atoms with Crippen LogP contribution in [-0.2, 0) is 22.8 Å². The number of sulfone groups is 1. The minimum Gasteiger partial charge on any atom is -0.496 e. The Kier molecular flexibility index (Phi) is 9.27. The van der Waals surface area contributed by atoms with Crippen LogP contribution < -0.4 is 10.1 Å². The van der Waals surface area contributed by atoms with Crippen molar-refractivity contribution >= 4 is 27.3 Å². The van der Waals surface area contributed by atoms with Gasteiger partial charge in [0.1, 0.15) is 15.6 Å². The highest BCUT2D eigenvalue weighted by Crippen LogP contribution is 2.38. The predicted molar refractivity (Wildman–Crippen MR) is 141 cm³/mol. The smallest absolute Gasteiger partial charge is 0.273 e. The molecule has 1 aromatic carbocycles. The van der Waals surface area contributed by atoms with Gasteiger partial charge in [0, 0.05) is 24.9 Å². The zero-order valence-corrected chi connectivity index (χ0v) is 23.0. The fourth-order valence-electron chi connectivity index (χ4n) is 4.70. The maximum atomic E-state index is 13.0. The van der Waals surface area contributed by atoms with Gasteiger partial charge in [0.15, 0.2) is 5.69 Å². The molecule has 9 heteroatoms. The summed E-state index contributed by atoms with van der Waals surface area (Å²) >= 11 is 6.73. The van der Waals surface area contributed by atoms with E-state index in [1.54, 1.807) is 11.8 Å². The first-order valence-electron chi connectivity index (χ1n) is 12.5. The van der Waals surface area contributed by atoms with Gasteiger partial charge in [0.2, 0.25) is 0 Å². The highest BCUT2D eigenvalue weighted by Gasteiger charge is 2.29. The first-order valence-corrected chi connectivity index (χ1v) is 14.8. The predicted octanol–water partition coefficient (Wildman–Crippen LogP) is 5.15. The van der Waals surface area contributed by atoms with Crippen molar-refractivity contribution in [1.82, 2.24) is 15.1 Å². The average molecular weight is 524 g/mol. The minimum atomic E-state index is -3.00. The Balaban J connectivity index is 1.75. The summed E-state index contributed by atoms with van der Waals surface area (Å²) in [5.74, 6) is 1.26. The van der Waals surface area contributed by atoms with Crippen molar-refractivity contribution < 1.29 is 17.9 Å². The van der Waals surface area contributed by atoms with Gasteiger partial charge in [0.25, 0.3) is 5.91 Å². The highest BCUT2D eigenvalue weighted by molar-refractivity contribution is 7.91. The van der Waals surface area contributed by atoms with Gasteiger partial charge in [-0.1, -0.05) is 31.5 Å². The Morgan fingerprint density at radius 3 is 2.51 bits per heavy atom. The topological polar surface area (TPSA) is 90.3 Å². The van der Waals surface area contributed by atoms with Gasteiger partial charge in [-0.15, -0.1) is 0 Å². The molecule has 0 bridgehead atoms. The molecule has 0 unspecified atom stereocenters. The Labute approximate surface area is 214 Å². The number of aryl methyl sites for hydroxylation is 2. The number of hydrogen-bond donors (Lipinski definition) is 1. The molecular formula is C26H38ClN3O4S. The van der Waals surface area contributed by atoms with Crippen LogP contribution in [0.3, 0.4) is 0 Å². The number of rotatable bonds is 10. The molecule has 1 aliphatic carbocycles. The third-order valence-corrected chi connectivity index (χ3v) is 8.93. The fourth-order valence-corrected chi connectivity index (χ4v) is 6.15. The van der Waals surface area contributed by atoms with Crippen molar-refractivity contribution in [3.05, 3.63) is 34.5 Å². The normalized spacial score (nSPS) is 18.6. The number of aromatic nitrogens is 2. The van der Waals surface area contributed by atoms with E-state index in [4.69, 9.17) is 16.3 Å². The van der Waals surface area contributed by atoms with E-state index >= 15 is 0 Å². The number of benzene rings is 1. The Bertz CT molecular complexity index is 1140. The Morgan fingerprint density at radius 2 is 1.94 bits per heavy atom. The molecule has 0 atom stereocenters. The number of amides is 1. The molecule has 0 aliphatic heterocycles. The van der Waals surface area contributed by atoms with Gasteiger partial charge in [-0.2, -0.15) is 5.10 Å². The molecule has 1 aliphatic rings. The SMILES string of the molecule is CCn1nc(C(=O)NC[C@H]2CC[C@H](S(C)(=O)=O)CC2)c(Cl)c1-c1ccc(CCC(C)C)cc1OC. The summed E-state index contributed by atoms with van der Waals surface area (Å²) in [5.41, 5.74) is 2.86. The molecule has 1 saturated carbocycles. The lowest BCUT2D eigenvalue weighted by molar-refractivity contribution is 0.0938. The van der Waals surface area contributed by atoms with E-state index in [2.05, 4.69) is 30.3 Å². The molecule has 1 fully saturated rings. The number of hydrogen-bond acceptors (Lipinski definition) is 5. The summed E-state index contributed by atoms with van der Waals surface area (Å²) in [6.07, 6.45) is 6.20. The first kappa shape index (κ1) is 27.5. The van der Waals surface area contributed by atoms with E-state index in [1.165, 1.54) is 11.8 Å². The molecule has 35 heavy (non-hydrogen) atoms. The van der Waals surface area contributed by atoms with Crippen LogP contribution in [0.15, 0.2) is 18.2 Å².